The average molecular weight is 414 g/mol. The summed E-state index contributed by atoms with van der Waals surface area (Å²) in [6, 6.07) is 3.67. The van der Waals surface area contributed by atoms with Gasteiger partial charge in [-0.25, -0.2) is 9.18 Å². The number of benzene rings is 1. The molecule has 0 spiro atoms. The van der Waals surface area contributed by atoms with Gasteiger partial charge >= 0.3 is 6.03 Å². The van der Waals surface area contributed by atoms with Gasteiger partial charge in [0.05, 0.1) is 6.20 Å². The zero-order valence-corrected chi connectivity index (χ0v) is 16.5. The molecule has 2 fully saturated rings. The first-order valence-electron chi connectivity index (χ1n) is 9.85. The molecule has 2 aliphatic rings. The van der Waals surface area contributed by atoms with Crippen molar-refractivity contribution < 1.29 is 18.8 Å². The first kappa shape index (κ1) is 19.9. The van der Waals surface area contributed by atoms with Gasteiger partial charge < -0.3 is 15.1 Å². The van der Waals surface area contributed by atoms with E-state index in [9.17, 15) is 18.8 Å². The van der Waals surface area contributed by atoms with Crippen LogP contribution in [0.2, 0.25) is 0 Å². The first-order valence-corrected chi connectivity index (χ1v) is 9.85. The minimum atomic E-state index is -0.675. The maximum absolute atomic E-state index is 14.2. The maximum atomic E-state index is 14.2. The Morgan fingerprint density at radius 1 is 1.20 bits per heavy atom. The topological polar surface area (TPSA) is 110 Å². The standard InChI is InChI=1S/C20H23FN6O3/c1-12(6-17-18(28)25-20(30)24-17)19(29)27-4-2-26(3-5-27)16-8-13(7-15(21)9-16)14-10-22-23-11-14/h7-12,17H,2-6H2,1H3,(H,22,23)(H2,24,25,28,30)/t12-,17?/m0/s1. The normalized spacial score (nSPS) is 20.1. The molecular formula is C20H23FN6O3. The molecule has 0 saturated carbocycles. The molecule has 10 heteroatoms. The second kappa shape index (κ2) is 8.13. The summed E-state index contributed by atoms with van der Waals surface area (Å²) in [6.45, 7) is 3.92. The highest BCUT2D eigenvalue weighted by Crippen LogP contribution is 2.27. The van der Waals surface area contributed by atoms with Crippen LogP contribution in [0.1, 0.15) is 13.3 Å². The van der Waals surface area contributed by atoms with Gasteiger partial charge in [-0.2, -0.15) is 5.10 Å². The molecule has 9 nitrogen and oxygen atoms in total. The second-order valence-corrected chi connectivity index (χ2v) is 7.65. The lowest BCUT2D eigenvalue weighted by molar-refractivity contribution is -0.135. The number of rotatable bonds is 5. The Hall–Kier alpha value is -3.43. The Morgan fingerprint density at radius 3 is 2.60 bits per heavy atom. The number of imide groups is 1. The zero-order valence-electron chi connectivity index (χ0n) is 16.5. The van der Waals surface area contributed by atoms with E-state index in [-0.39, 0.29) is 18.1 Å². The third-order valence-electron chi connectivity index (χ3n) is 5.54. The van der Waals surface area contributed by atoms with E-state index in [0.29, 0.717) is 26.2 Å². The van der Waals surface area contributed by atoms with Gasteiger partial charge in [-0.15, -0.1) is 0 Å². The molecule has 1 unspecified atom stereocenters. The van der Waals surface area contributed by atoms with E-state index in [1.807, 2.05) is 11.0 Å². The van der Waals surface area contributed by atoms with E-state index >= 15 is 0 Å². The highest BCUT2D eigenvalue weighted by Gasteiger charge is 2.34. The zero-order chi connectivity index (χ0) is 21.3. The SMILES string of the molecule is C[C@@H](CC1NC(=O)NC1=O)C(=O)N1CCN(c2cc(F)cc(-c3cn[nH]c3)c2)CC1. The third kappa shape index (κ3) is 4.12. The number of halogens is 1. The number of hydrogen-bond donors (Lipinski definition) is 3. The van der Waals surface area contributed by atoms with Crippen LogP contribution in [0.5, 0.6) is 0 Å². The lowest BCUT2D eigenvalue weighted by Gasteiger charge is -2.37. The van der Waals surface area contributed by atoms with Crippen LogP contribution in [0.3, 0.4) is 0 Å². The molecule has 2 saturated heterocycles. The van der Waals surface area contributed by atoms with E-state index in [1.165, 1.54) is 12.1 Å². The van der Waals surface area contributed by atoms with Gasteiger partial charge in [-0.1, -0.05) is 6.92 Å². The number of aromatic nitrogens is 2. The smallest absolute Gasteiger partial charge is 0.322 e. The maximum Gasteiger partial charge on any atom is 0.322 e. The summed E-state index contributed by atoms with van der Waals surface area (Å²) in [6.07, 6.45) is 3.61. The molecule has 2 atom stereocenters. The lowest BCUT2D eigenvalue weighted by Crippen LogP contribution is -2.50. The monoisotopic (exact) mass is 414 g/mol. The van der Waals surface area contributed by atoms with Crippen molar-refractivity contribution >= 4 is 23.5 Å². The van der Waals surface area contributed by atoms with Gasteiger partial charge in [0.2, 0.25) is 5.91 Å². The second-order valence-electron chi connectivity index (χ2n) is 7.65. The van der Waals surface area contributed by atoms with Crippen molar-refractivity contribution in [3.05, 3.63) is 36.4 Å². The van der Waals surface area contributed by atoms with Crippen molar-refractivity contribution in [3.8, 4) is 11.1 Å². The van der Waals surface area contributed by atoms with E-state index in [2.05, 4.69) is 20.8 Å². The van der Waals surface area contributed by atoms with Crippen LogP contribution in [0, 0.1) is 11.7 Å². The molecule has 1 aromatic heterocycles. The molecule has 3 heterocycles. The third-order valence-corrected chi connectivity index (χ3v) is 5.54. The van der Waals surface area contributed by atoms with Crippen molar-refractivity contribution in [2.45, 2.75) is 19.4 Å². The van der Waals surface area contributed by atoms with Gasteiger partial charge in [0, 0.05) is 49.5 Å². The molecule has 0 radical (unpaired) electrons. The summed E-state index contributed by atoms with van der Waals surface area (Å²) in [5.41, 5.74) is 2.31. The predicted molar refractivity (Wildman–Crippen MR) is 107 cm³/mol. The first-order chi connectivity index (χ1) is 14.4. The van der Waals surface area contributed by atoms with Crippen LogP contribution >= 0.6 is 0 Å². The molecule has 3 N–H and O–H groups in total. The van der Waals surface area contributed by atoms with E-state index in [0.717, 1.165) is 16.8 Å². The summed E-state index contributed by atoms with van der Waals surface area (Å²) in [7, 11) is 0. The molecule has 0 aliphatic carbocycles. The number of nitrogens with zero attached hydrogens (tertiary/aromatic N) is 3. The van der Waals surface area contributed by atoms with Crippen molar-refractivity contribution in [2.24, 2.45) is 5.92 Å². The Bertz CT molecular complexity index is 955. The minimum absolute atomic E-state index is 0.0538. The van der Waals surface area contributed by atoms with Crippen molar-refractivity contribution in [2.75, 3.05) is 31.1 Å². The van der Waals surface area contributed by atoms with Crippen LogP contribution in [0.15, 0.2) is 30.6 Å². The summed E-state index contributed by atoms with van der Waals surface area (Å²) < 4.78 is 14.2. The Balaban J connectivity index is 1.36. The lowest BCUT2D eigenvalue weighted by atomic mass is 10.00. The average Bonchev–Trinajstić information content (AvgIpc) is 3.37. The molecule has 30 heavy (non-hydrogen) atoms. The fourth-order valence-electron chi connectivity index (χ4n) is 3.91. The molecule has 2 aliphatic heterocycles. The molecule has 0 bridgehead atoms. The van der Waals surface area contributed by atoms with E-state index in [4.69, 9.17) is 0 Å². The highest BCUT2D eigenvalue weighted by molar-refractivity contribution is 6.04. The fourth-order valence-corrected chi connectivity index (χ4v) is 3.91. The van der Waals surface area contributed by atoms with Crippen molar-refractivity contribution in [1.82, 2.24) is 25.7 Å². The van der Waals surface area contributed by atoms with Crippen LogP contribution in [-0.2, 0) is 9.59 Å². The van der Waals surface area contributed by atoms with Gasteiger partial charge in [0.15, 0.2) is 0 Å². The van der Waals surface area contributed by atoms with Crippen molar-refractivity contribution in [1.29, 1.82) is 0 Å². The summed E-state index contributed by atoms with van der Waals surface area (Å²) >= 11 is 0. The van der Waals surface area contributed by atoms with E-state index < -0.39 is 23.9 Å². The number of aromatic amines is 1. The minimum Gasteiger partial charge on any atom is -0.368 e. The highest BCUT2D eigenvalue weighted by atomic mass is 19.1. The summed E-state index contributed by atoms with van der Waals surface area (Å²) in [4.78, 5) is 39.5. The number of urea groups is 1. The summed E-state index contributed by atoms with van der Waals surface area (Å²) in [5.74, 6) is -1.17. The Labute approximate surface area is 172 Å². The number of piperazine rings is 1. The predicted octanol–water partition coefficient (Wildman–Crippen LogP) is 1.10. The van der Waals surface area contributed by atoms with Gasteiger partial charge in [0.25, 0.3) is 5.91 Å². The van der Waals surface area contributed by atoms with Crippen molar-refractivity contribution in [3.63, 3.8) is 0 Å². The Kier molecular flexibility index (Phi) is 5.39. The fraction of sp³-hybridized carbons (Fsp3) is 0.400. The quantitative estimate of drug-likeness (QED) is 0.635. The van der Waals surface area contributed by atoms with Crippen LogP contribution < -0.4 is 15.5 Å². The number of anilines is 1. The van der Waals surface area contributed by atoms with Gasteiger partial charge in [-0.3, -0.25) is 20.0 Å². The molecular weight excluding hydrogens is 391 g/mol. The number of H-pyrrole nitrogens is 1. The largest absolute Gasteiger partial charge is 0.368 e. The molecule has 158 valence electrons. The van der Waals surface area contributed by atoms with Crippen LogP contribution in [0.4, 0.5) is 14.9 Å². The van der Waals surface area contributed by atoms with Crippen LogP contribution in [-0.4, -0.2) is 65.2 Å². The Morgan fingerprint density at radius 2 is 1.97 bits per heavy atom. The number of carbonyl (C=O) groups excluding carboxylic acids is 3. The van der Waals surface area contributed by atoms with E-state index in [1.54, 1.807) is 24.2 Å². The number of amides is 4. The molecule has 1 aromatic carbocycles. The number of hydrogen-bond acceptors (Lipinski definition) is 5. The number of nitrogens with one attached hydrogen (secondary N) is 3. The summed E-state index contributed by atoms with van der Waals surface area (Å²) in [5, 5.41) is 11.3. The van der Waals surface area contributed by atoms with Gasteiger partial charge in [-0.05, 0) is 30.2 Å². The molecule has 4 amide bonds. The van der Waals surface area contributed by atoms with Crippen LogP contribution in [0.25, 0.3) is 11.1 Å². The number of carbonyl (C=O) groups is 3. The molecule has 4 rings (SSSR count). The molecule has 2 aromatic rings. The van der Waals surface area contributed by atoms with Gasteiger partial charge in [0.1, 0.15) is 11.9 Å².